The van der Waals surface area contributed by atoms with E-state index in [1.165, 1.54) is 19.3 Å². The van der Waals surface area contributed by atoms with E-state index in [0.29, 0.717) is 69.1 Å². The molecule has 43 heavy (non-hydrogen) atoms. The number of likely N-dealkylation sites (tertiary alicyclic amines) is 1. The summed E-state index contributed by atoms with van der Waals surface area (Å²) in [6, 6.07) is 6.30. The van der Waals surface area contributed by atoms with E-state index >= 15 is 0 Å². The molecule has 4 N–H and O–H groups in total. The Balaban J connectivity index is 1.07. The zero-order valence-electron chi connectivity index (χ0n) is 24.8. The van der Waals surface area contributed by atoms with Crippen molar-refractivity contribution in [3.05, 3.63) is 24.5 Å². The van der Waals surface area contributed by atoms with Crippen LogP contribution in [0.2, 0.25) is 0 Å². The van der Waals surface area contributed by atoms with Crippen LogP contribution in [0.25, 0.3) is 11.2 Å². The number of ether oxygens (including phenoxy) is 1. The van der Waals surface area contributed by atoms with Crippen molar-refractivity contribution in [1.29, 1.82) is 0 Å². The third-order valence-corrected chi connectivity index (χ3v) is 10.7. The van der Waals surface area contributed by atoms with Crippen LogP contribution in [-0.4, -0.2) is 113 Å². The van der Waals surface area contributed by atoms with E-state index < -0.39 is 10.0 Å². The molecule has 234 valence electrons. The van der Waals surface area contributed by atoms with Gasteiger partial charge in [0.25, 0.3) is 0 Å². The lowest BCUT2D eigenvalue weighted by atomic mass is 9.95. The molecule has 0 radical (unpaired) electrons. The van der Waals surface area contributed by atoms with Gasteiger partial charge in [-0.2, -0.15) is 14.3 Å². The van der Waals surface area contributed by atoms with E-state index in [1.54, 1.807) is 17.7 Å². The first kappa shape index (κ1) is 29.9. The number of aliphatic hydroxyl groups is 1. The first-order chi connectivity index (χ1) is 20.9. The third-order valence-electron chi connectivity index (χ3n) is 8.78. The van der Waals surface area contributed by atoms with E-state index in [-0.39, 0.29) is 11.9 Å². The average molecular weight is 614 g/mol. The van der Waals surface area contributed by atoms with Crippen LogP contribution < -0.4 is 20.3 Å². The van der Waals surface area contributed by atoms with E-state index in [2.05, 4.69) is 35.4 Å². The first-order valence-electron chi connectivity index (χ1n) is 15.4. The number of piperazine rings is 1. The number of aromatic amines is 1. The predicted octanol–water partition coefficient (Wildman–Crippen LogP) is 2.76. The Hall–Kier alpha value is -3.20. The van der Waals surface area contributed by atoms with Gasteiger partial charge in [0.1, 0.15) is 11.3 Å². The van der Waals surface area contributed by atoms with Crippen LogP contribution in [-0.2, 0) is 10.0 Å². The molecule has 3 aliphatic rings. The van der Waals surface area contributed by atoms with Gasteiger partial charge in [0.15, 0.2) is 11.5 Å². The summed E-state index contributed by atoms with van der Waals surface area (Å²) in [5.74, 6) is 1.96. The Labute approximate surface area is 253 Å². The molecular formula is C29H43N9O4S. The van der Waals surface area contributed by atoms with E-state index in [9.17, 15) is 13.5 Å². The molecule has 1 atom stereocenters. The number of anilines is 4. The highest BCUT2D eigenvalue weighted by molar-refractivity contribution is 7.89. The topological polar surface area (TPSA) is 152 Å². The van der Waals surface area contributed by atoms with Crippen LogP contribution in [0.3, 0.4) is 0 Å². The number of H-pyrrole nitrogens is 1. The molecule has 0 amide bonds. The quantitative estimate of drug-likeness (QED) is 0.253. The molecule has 6 rings (SSSR count). The average Bonchev–Trinajstić information content (AvgIpc) is 3.67. The van der Waals surface area contributed by atoms with Gasteiger partial charge >= 0.3 is 0 Å². The van der Waals surface area contributed by atoms with Crippen molar-refractivity contribution in [2.24, 2.45) is 0 Å². The number of aromatic nitrogens is 4. The summed E-state index contributed by atoms with van der Waals surface area (Å²) >= 11 is 0. The van der Waals surface area contributed by atoms with Gasteiger partial charge in [-0.05, 0) is 44.4 Å². The van der Waals surface area contributed by atoms with E-state index in [1.807, 2.05) is 18.2 Å². The summed E-state index contributed by atoms with van der Waals surface area (Å²) in [5.41, 5.74) is 3.09. The maximum absolute atomic E-state index is 13.0. The smallest absolute Gasteiger partial charge is 0.231 e. The van der Waals surface area contributed by atoms with Gasteiger partial charge in [-0.25, -0.2) is 13.4 Å². The number of nitrogens with one attached hydrogen (secondary N) is 3. The molecule has 1 unspecified atom stereocenters. The van der Waals surface area contributed by atoms with Crippen molar-refractivity contribution in [1.82, 2.24) is 29.1 Å². The third kappa shape index (κ3) is 7.14. The maximum atomic E-state index is 13.0. The maximum Gasteiger partial charge on any atom is 0.231 e. The van der Waals surface area contributed by atoms with Crippen LogP contribution in [0.5, 0.6) is 5.75 Å². The molecule has 2 aliphatic heterocycles. The number of imidazole rings is 1. The summed E-state index contributed by atoms with van der Waals surface area (Å²) in [6.07, 6.45) is 8.68. The number of sulfonamides is 1. The number of methoxy groups -OCH3 is 1. The van der Waals surface area contributed by atoms with Crippen LogP contribution in [0.15, 0.2) is 24.5 Å². The van der Waals surface area contributed by atoms with E-state index in [4.69, 9.17) is 9.72 Å². The number of hydrogen-bond donors (Lipinski definition) is 4. The summed E-state index contributed by atoms with van der Waals surface area (Å²) in [4.78, 5) is 21.2. The number of hydrogen-bond acceptors (Lipinski definition) is 11. The number of benzene rings is 1. The molecule has 0 spiro atoms. The number of β-amino-alcohol motifs (C(OH)–C–C–N with tert-alkyl or cyclic N) is 1. The van der Waals surface area contributed by atoms with Crippen molar-refractivity contribution in [2.75, 3.05) is 74.2 Å². The molecule has 2 saturated heterocycles. The van der Waals surface area contributed by atoms with Gasteiger partial charge in [-0.3, -0.25) is 0 Å². The lowest BCUT2D eigenvalue weighted by Crippen LogP contribution is -2.49. The number of aliphatic hydroxyl groups excluding tert-OH is 1. The van der Waals surface area contributed by atoms with Crippen LogP contribution >= 0.6 is 0 Å². The molecular weight excluding hydrogens is 570 g/mol. The molecule has 1 saturated carbocycles. The predicted molar refractivity (Wildman–Crippen MR) is 168 cm³/mol. The zero-order valence-corrected chi connectivity index (χ0v) is 25.7. The number of fused-ring (bicyclic) bond motifs is 1. The molecule has 1 aromatic carbocycles. The minimum atomic E-state index is -3.32. The minimum Gasteiger partial charge on any atom is -0.494 e. The Bertz CT molecular complexity index is 1490. The standard InChI is InChI=1S/C29H43N9O4S/c1-42-25-18-22(37-13-15-38(16-14-37)43(40,41)17-5-11-36-12-10-23(39)19-36)8-9-24(25)33-29-34-27-26(30-20-31-27)28(35-29)32-21-6-3-2-4-7-21/h8-9,18,20-21,23,39H,2-7,10-17,19H2,1H3,(H3,30,31,32,33,34,35). The number of rotatable bonds is 11. The molecule has 1 aliphatic carbocycles. The zero-order chi connectivity index (χ0) is 29.8. The highest BCUT2D eigenvalue weighted by Gasteiger charge is 2.28. The Morgan fingerprint density at radius 1 is 1.07 bits per heavy atom. The molecule has 0 bridgehead atoms. The highest BCUT2D eigenvalue weighted by atomic mass is 32.2. The Kier molecular flexibility index (Phi) is 9.17. The van der Waals surface area contributed by atoms with Crippen molar-refractivity contribution in [2.45, 2.75) is 57.1 Å². The van der Waals surface area contributed by atoms with E-state index in [0.717, 1.165) is 48.5 Å². The van der Waals surface area contributed by atoms with Crippen LogP contribution in [0.1, 0.15) is 44.9 Å². The SMILES string of the molecule is COc1cc(N2CCN(S(=O)(=O)CCCN3CCC(O)C3)CC2)ccc1Nc1nc(NC2CCCCC2)c2[nH]cnc2n1. The Morgan fingerprint density at radius 3 is 2.63 bits per heavy atom. The largest absolute Gasteiger partial charge is 0.494 e. The highest BCUT2D eigenvalue weighted by Crippen LogP contribution is 2.33. The van der Waals surface area contributed by atoms with Gasteiger partial charge in [-0.15, -0.1) is 0 Å². The molecule has 4 heterocycles. The van der Waals surface area contributed by atoms with Gasteiger partial charge in [0.05, 0.1) is 31.0 Å². The molecule has 3 aromatic rings. The summed E-state index contributed by atoms with van der Waals surface area (Å²) in [5, 5.41) is 16.6. The summed E-state index contributed by atoms with van der Waals surface area (Å²) in [6.45, 7) is 4.27. The summed E-state index contributed by atoms with van der Waals surface area (Å²) in [7, 11) is -1.69. The van der Waals surface area contributed by atoms with Gasteiger partial charge in [-0.1, -0.05) is 19.3 Å². The van der Waals surface area contributed by atoms with Crippen molar-refractivity contribution < 1.29 is 18.3 Å². The normalized spacial score (nSPS) is 21.0. The lowest BCUT2D eigenvalue weighted by Gasteiger charge is -2.35. The fourth-order valence-electron chi connectivity index (χ4n) is 6.37. The van der Waals surface area contributed by atoms with Gasteiger partial charge in [0, 0.05) is 57.1 Å². The Morgan fingerprint density at radius 2 is 1.88 bits per heavy atom. The van der Waals surface area contributed by atoms with Crippen molar-refractivity contribution >= 4 is 44.3 Å². The fraction of sp³-hybridized carbons (Fsp3) is 0.621. The summed E-state index contributed by atoms with van der Waals surface area (Å²) < 4.78 is 33.3. The second-order valence-corrected chi connectivity index (χ2v) is 13.9. The molecule has 2 aromatic heterocycles. The molecule has 14 heteroatoms. The first-order valence-corrected chi connectivity index (χ1v) is 17.0. The molecule has 13 nitrogen and oxygen atoms in total. The van der Waals surface area contributed by atoms with Gasteiger partial charge < -0.3 is 35.3 Å². The monoisotopic (exact) mass is 613 g/mol. The fourth-order valence-corrected chi connectivity index (χ4v) is 7.85. The molecule has 3 fully saturated rings. The second-order valence-electron chi connectivity index (χ2n) is 11.8. The van der Waals surface area contributed by atoms with Crippen LogP contribution in [0.4, 0.5) is 23.1 Å². The van der Waals surface area contributed by atoms with Crippen molar-refractivity contribution in [3.63, 3.8) is 0 Å². The number of nitrogens with zero attached hydrogens (tertiary/aromatic N) is 6. The van der Waals surface area contributed by atoms with Gasteiger partial charge in [0.2, 0.25) is 16.0 Å². The lowest BCUT2D eigenvalue weighted by molar-refractivity contribution is 0.176. The minimum absolute atomic E-state index is 0.137. The van der Waals surface area contributed by atoms with Crippen molar-refractivity contribution in [3.8, 4) is 5.75 Å². The second kappa shape index (κ2) is 13.2. The van der Waals surface area contributed by atoms with Crippen LogP contribution in [0, 0.1) is 0 Å².